The molecule has 1 saturated heterocycles. The van der Waals surface area contributed by atoms with E-state index in [4.69, 9.17) is 9.47 Å². The van der Waals surface area contributed by atoms with Gasteiger partial charge in [0.15, 0.2) is 0 Å². The monoisotopic (exact) mass is 537 g/mol. The second-order valence-corrected chi connectivity index (χ2v) is 10.9. The molecule has 0 aliphatic carbocycles. The van der Waals surface area contributed by atoms with Crippen molar-refractivity contribution in [2.45, 2.75) is 37.8 Å². The Morgan fingerprint density at radius 1 is 0.974 bits per heavy atom. The van der Waals surface area contributed by atoms with Gasteiger partial charge in [-0.05, 0) is 49.7 Å². The molecule has 2 amide bonds. The first-order valence-corrected chi connectivity index (χ1v) is 13.6. The van der Waals surface area contributed by atoms with Crippen LogP contribution >= 0.6 is 0 Å². The summed E-state index contributed by atoms with van der Waals surface area (Å²) in [6.45, 7) is 5.78. The van der Waals surface area contributed by atoms with E-state index in [-0.39, 0.29) is 35.5 Å². The summed E-state index contributed by atoms with van der Waals surface area (Å²) < 4.78 is 39.9. The van der Waals surface area contributed by atoms with Crippen LogP contribution in [0.3, 0.4) is 0 Å². The van der Waals surface area contributed by atoms with Crippen molar-refractivity contribution in [1.82, 2.24) is 10.2 Å². The van der Waals surface area contributed by atoms with Crippen LogP contribution in [0, 0.1) is 13.8 Å². The Hall–Kier alpha value is -4.05. The lowest BCUT2D eigenvalue weighted by atomic mass is 10.0. The van der Waals surface area contributed by atoms with Gasteiger partial charge in [0.1, 0.15) is 22.5 Å². The number of likely N-dealkylation sites (tertiary alicyclic amines) is 1. The number of benzene rings is 3. The molecule has 1 heterocycles. The van der Waals surface area contributed by atoms with E-state index in [1.54, 1.807) is 47.4 Å². The molecule has 4 rings (SSSR count). The number of sulfonamides is 1. The highest BCUT2D eigenvalue weighted by molar-refractivity contribution is 7.92. The lowest BCUT2D eigenvalue weighted by molar-refractivity contribution is -0.120. The van der Waals surface area contributed by atoms with Gasteiger partial charge in [0.2, 0.25) is 5.91 Å². The summed E-state index contributed by atoms with van der Waals surface area (Å²) in [7, 11) is -2.52. The number of ether oxygens (including phenoxy) is 2. The minimum Gasteiger partial charge on any atom is -0.495 e. The number of rotatable bonds is 8. The molecule has 2 N–H and O–H groups in total. The summed E-state index contributed by atoms with van der Waals surface area (Å²) in [6, 6.07) is 18.2. The molecule has 0 spiro atoms. The average molecular weight is 538 g/mol. The summed E-state index contributed by atoms with van der Waals surface area (Å²) in [6.07, 6.45) is -0.533. The van der Waals surface area contributed by atoms with Gasteiger partial charge in [-0.3, -0.25) is 14.3 Å². The number of methoxy groups -OCH3 is 1. The van der Waals surface area contributed by atoms with E-state index in [0.29, 0.717) is 17.0 Å². The summed E-state index contributed by atoms with van der Waals surface area (Å²) in [5.74, 6) is 0.255. The van der Waals surface area contributed by atoms with Crippen LogP contribution < -0.4 is 19.5 Å². The number of hydrogen-bond donors (Lipinski definition) is 2. The molecule has 38 heavy (non-hydrogen) atoms. The second-order valence-electron chi connectivity index (χ2n) is 9.28. The van der Waals surface area contributed by atoms with Crippen LogP contribution in [0.15, 0.2) is 71.6 Å². The quantitative estimate of drug-likeness (QED) is 0.455. The normalized spacial score (nSPS) is 17.1. The second kappa shape index (κ2) is 11.1. The van der Waals surface area contributed by atoms with Crippen molar-refractivity contribution in [3.63, 3.8) is 0 Å². The van der Waals surface area contributed by atoms with Gasteiger partial charge >= 0.3 is 0 Å². The molecule has 9 nitrogen and oxygen atoms in total. The van der Waals surface area contributed by atoms with Gasteiger partial charge in [0.05, 0.1) is 25.4 Å². The van der Waals surface area contributed by atoms with Crippen LogP contribution in [-0.2, 0) is 14.8 Å². The summed E-state index contributed by atoms with van der Waals surface area (Å²) in [5, 5.41) is 2.88. The number of aryl methyl sites for hydroxylation is 2. The number of carbonyl (C=O) groups excluding carboxylic acids is 2. The fraction of sp³-hybridized carbons (Fsp3) is 0.286. The minimum absolute atomic E-state index is 0.0101. The minimum atomic E-state index is -3.93. The molecule has 0 unspecified atom stereocenters. The van der Waals surface area contributed by atoms with E-state index in [2.05, 4.69) is 10.0 Å². The topological polar surface area (TPSA) is 114 Å². The Balaban J connectivity index is 1.53. The molecule has 0 bridgehead atoms. The van der Waals surface area contributed by atoms with Gasteiger partial charge in [-0.2, -0.15) is 0 Å². The van der Waals surface area contributed by atoms with Crippen LogP contribution in [0.4, 0.5) is 5.69 Å². The molecule has 1 fully saturated rings. The van der Waals surface area contributed by atoms with Crippen molar-refractivity contribution in [3.05, 3.63) is 83.4 Å². The molecule has 10 heteroatoms. The van der Waals surface area contributed by atoms with Crippen molar-refractivity contribution in [2.75, 3.05) is 24.9 Å². The summed E-state index contributed by atoms with van der Waals surface area (Å²) in [5.41, 5.74) is 2.76. The van der Waals surface area contributed by atoms with E-state index in [9.17, 15) is 18.0 Å². The maximum Gasteiger partial charge on any atom is 0.265 e. The fourth-order valence-corrected chi connectivity index (χ4v) is 5.68. The molecule has 200 valence electrons. The number of anilines is 1. The highest BCUT2D eigenvalue weighted by Crippen LogP contribution is 2.28. The lowest BCUT2D eigenvalue weighted by Gasteiger charge is -2.21. The maximum absolute atomic E-state index is 13.3. The van der Waals surface area contributed by atoms with Crippen molar-refractivity contribution < 1.29 is 27.5 Å². The Bertz CT molecular complexity index is 1460. The zero-order chi connectivity index (χ0) is 27.4. The first-order valence-electron chi connectivity index (χ1n) is 12.1. The number of carbonyl (C=O) groups is 2. The van der Waals surface area contributed by atoms with Gasteiger partial charge in [0, 0.05) is 25.1 Å². The van der Waals surface area contributed by atoms with Gasteiger partial charge in [-0.25, -0.2) is 8.42 Å². The number of amides is 2. The molecule has 2 atom stereocenters. The van der Waals surface area contributed by atoms with Crippen LogP contribution in [0.1, 0.15) is 28.4 Å². The van der Waals surface area contributed by atoms with Crippen molar-refractivity contribution >= 4 is 27.5 Å². The standard InChI is InChI=1S/C28H31N3O6S/c1-18-12-13-19(2)23(14-18)28(33)31-16-24(29-20(3)32)26(17-31)37-22-9-7-8-21(15-22)30-38(34,35)27-11-6-5-10-25(27)36-4/h5-15,24,26,30H,16-17H2,1-4H3,(H,29,32)/t24-,26-/m1/s1. The van der Waals surface area contributed by atoms with E-state index in [1.807, 2.05) is 32.0 Å². The number of para-hydroxylation sites is 1. The predicted molar refractivity (Wildman–Crippen MR) is 144 cm³/mol. The third-order valence-electron chi connectivity index (χ3n) is 6.30. The average Bonchev–Trinajstić information content (AvgIpc) is 3.26. The highest BCUT2D eigenvalue weighted by atomic mass is 32.2. The molecule has 0 aromatic heterocycles. The number of nitrogens with zero attached hydrogens (tertiary/aromatic N) is 1. The Morgan fingerprint density at radius 3 is 2.47 bits per heavy atom. The van der Waals surface area contributed by atoms with Crippen molar-refractivity contribution in [1.29, 1.82) is 0 Å². The van der Waals surface area contributed by atoms with E-state index < -0.39 is 22.2 Å². The molecular weight excluding hydrogens is 506 g/mol. The van der Waals surface area contributed by atoms with Crippen LogP contribution in [-0.4, -0.2) is 57.5 Å². The van der Waals surface area contributed by atoms with Crippen molar-refractivity contribution in [2.24, 2.45) is 0 Å². The van der Waals surface area contributed by atoms with E-state index >= 15 is 0 Å². The van der Waals surface area contributed by atoms with Gasteiger partial charge < -0.3 is 19.7 Å². The van der Waals surface area contributed by atoms with E-state index in [1.165, 1.54) is 20.1 Å². The van der Waals surface area contributed by atoms with Crippen LogP contribution in [0.2, 0.25) is 0 Å². The molecule has 1 aliphatic rings. The lowest BCUT2D eigenvalue weighted by Crippen LogP contribution is -2.44. The molecule has 0 saturated carbocycles. The highest BCUT2D eigenvalue weighted by Gasteiger charge is 2.38. The van der Waals surface area contributed by atoms with Crippen LogP contribution in [0.25, 0.3) is 0 Å². The van der Waals surface area contributed by atoms with Crippen molar-refractivity contribution in [3.8, 4) is 11.5 Å². The SMILES string of the molecule is COc1ccccc1S(=O)(=O)Nc1cccc(O[C@@H]2CN(C(=O)c3cc(C)ccc3C)C[C@H]2NC(C)=O)c1. The number of nitrogens with one attached hydrogen (secondary N) is 2. The molecule has 3 aromatic rings. The molecule has 1 aliphatic heterocycles. The largest absolute Gasteiger partial charge is 0.495 e. The Labute approximate surface area is 222 Å². The fourth-order valence-electron chi connectivity index (χ4n) is 4.45. The van der Waals surface area contributed by atoms with Gasteiger partial charge in [0.25, 0.3) is 15.9 Å². The predicted octanol–water partition coefficient (Wildman–Crippen LogP) is 3.52. The smallest absolute Gasteiger partial charge is 0.265 e. The number of hydrogen-bond acceptors (Lipinski definition) is 6. The zero-order valence-corrected chi connectivity index (χ0v) is 22.5. The zero-order valence-electron chi connectivity index (χ0n) is 21.7. The van der Waals surface area contributed by atoms with E-state index in [0.717, 1.165) is 11.1 Å². The Morgan fingerprint density at radius 2 is 1.74 bits per heavy atom. The molecule has 3 aromatic carbocycles. The first kappa shape index (κ1) is 27.0. The third-order valence-corrected chi connectivity index (χ3v) is 7.72. The molecular formula is C28H31N3O6S. The van der Waals surface area contributed by atoms with Crippen LogP contribution in [0.5, 0.6) is 11.5 Å². The summed E-state index contributed by atoms with van der Waals surface area (Å²) in [4.78, 5) is 26.9. The maximum atomic E-state index is 13.3. The van der Waals surface area contributed by atoms with Gasteiger partial charge in [-0.1, -0.05) is 35.9 Å². The molecule has 0 radical (unpaired) electrons. The van der Waals surface area contributed by atoms with Gasteiger partial charge in [-0.15, -0.1) is 0 Å². The third kappa shape index (κ3) is 6.08. The Kier molecular flexibility index (Phi) is 7.91. The summed E-state index contributed by atoms with van der Waals surface area (Å²) >= 11 is 0. The first-order chi connectivity index (χ1) is 18.1.